The molecule has 0 spiro atoms. The molecule has 0 aromatic carbocycles. The Labute approximate surface area is 94.8 Å². The molecular formula is C12H15NO3. The summed E-state index contributed by atoms with van der Waals surface area (Å²) < 4.78 is 0. The molecule has 4 heteroatoms. The summed E-state index contributed by atoms with van der Waals surface area (Å²) >= 11 is 0. The van der Waals surface area contributed by atoms with Crippen LogP contribution in [-0.2, 0) is 14.4 Å². The van der Waals surface area contributed by atoms with Crippen LogP contribution in [0.4, 0.5) is 0 Å². The largest absolute Gasteiger partial charge is 0.299 e. The van der Waals surface area contributed by atoms with E-state index in [9.17, 15) is 14.4 Å². The number of nitrogens with one attached hydrogen (secondary N) is 1. The third kappa shape index (κ3) is 3.20. The molecule has 2 amide bonds. The van der Waals surface area contributed by atoms with Crippen molar-refractivity contribution >= 4 is 17.6 Å². The van der Waals surface area contributed by atoms with Gasteiger partial charge in [-0.05, 0) is 12.8 Å². The lowest BCUT2D eigenvalue weighted by atomic mass is 9.96. The number of hydrogen-bond acceptors (Lipinski definition) is 3. The average molecular weight is 221 g/mol. The van der Waals surface area contributed by atoms with Crippen molar-refractivity contribution in [1.29, 1.82) is 0 Å². The Kier molecular flexibility index (Phi) is 4.24. The van der Waals surface area contributed by atoms with Crippen LogP contribution >= 0.6 is 0 Å². The summed E-state index contributed by atoms with van der Waals surface area (Å²) in [6.07, 6.45) is 6.96. The normalized spacial score (nSPS) is 21.4. The second kappa shape index (κ2) is 5.45. The molecule has 2 unspecified atom stereocenters. The number of rotatable bonds is 5. The molecule has 1 aliphatic rings. The number of ketones is 1. The summed E-state index contributed by atoms with van der Waals surface area (Å²) in [5, 5.41) is 2.13. The molecule has 2 atom stereocenters. The van der Waals surface area contributed by atoms with E-state index in [4.69, 9.17) is 6.42 Å². The summed E-state index contributed by atoms with van der Waals surface area (Å²) in [5.74, 6) is 0.976. The average Bonchev–Trinajstić information content (AvgIpc) is 2.57. The highest BCUT2D eigenvalue weighted by Gasteiger charge is 2.35. The van der Waals surface area contributed by atoms with Crippen LogP contribution < -0.4 is 5.32 Å². The summed E-state index contributed by atoms with van der Waals surface area (Å²) in [4.78, 5) is 33.7. The number of Topliss-reactive ketones (excluding diaryl/α,β-unsaturated/α-hetero) is 1. The second-order valence-electron chi connectivity index (χ2n) is 4.10. The van der Waals surface area contributed by atoms with E-state index in [-0.39, 0.29) is 24.0 Å². The van der Waals surface area contributed by atoms with E-state index in [1.54, 1.807) is 0 Å². The fourth-order valence-electron chi connectivity index (χ4n) is 1.65. The summed E-state index contributed by atoms with van der Waals surface area (Å²) in [7, 11) is 0. The topological polar surface area (TPSA) is 63.2 Å². The minimum Gasteiger partial charge on any atom is -0.299 e. The summed E-state index contributed by atoms with van der Waals surface area (Å²) in [6, 6.07) is 0. The van der Waals surface area contributed by atoms with Gasteiger partial charge in [-0.2, -0.15) is 0 Å². The zero-order chi connectivity index (χ0) is 12.1. The number of terminal acetylenes is 1. The molecular weight excluding hydrogens is 206 g/mol. The standard InChI is InChI=1S/C12H15NO3/c1-3-8(2)5-4-6-10(14)9-7-11(15)13-12(9)16/h1,8-9H,4-7H2,2H3,(H,13,15,16). The highest BCUT2D eigenvalue weighted by Crippen LogP contribution is 2.16. The number of carbonyl (C=O) groups excluding carboxylic acids is 3. The van der Waals surface area contributed by atoms with Crippen molar-refractivity contribution in [3.63, 3.8) is 0 Å². The predicted octanol–water partition coefficient (Wildman–Crippen LogP) is 0.658. The van der Waals surface area contributed by atoms with E-state index in [0.717, 1.165) is 6.42 Å². The van der Waals surface area contributed by atoms with Crippen LogP contribution in [0.5, 0.6) is 0 Å². The molecule has 1 aliphatic heterocycles. The van der Waals surface area contributed by atoms with Crippen LogP contribution in [-0.4, -0.2) is 17.6 Å². The lowest BCUT2D eigenvalue weighted by molar-refractivity contribution is -0.131. The van der Waals surface area contributed by atoms with E-state index in [2.05, 4.69) is 11.2 Å². The molecule has 0 aliphatic carbocycles. The van der Waals surface area contributed by atoms with E-state index in [1.807, 2.05) is 6.92 Å². The zero-order valence-corrected chi connectivity index (χ0v) is 9.29. The SMILES string of the molecule is C#CC(C)CCCC(=O)C1CC(=O)NC1=O. The van der Waals surface area contributed by atoms with Crippen molar-refractivity contribution in [2.45, 2.75) is 32.6 Å². The third-order valence-electron chi connectivity index (χ3n) is 2.70. The Balaban J connectivity index is 2.34. The lowest BCUT2D eigenvalue weighted by Crippen LogP contribution is -2.26. The predicted molar refractivity (Wildman–Crippen MR) is 58.1 cm³/mol. The Hall–Kier alpha value is -1.63. The molecule has 0 saturated carbocycles. The van der Waals surface area contributed by atoms with E-state index < -0.39 is 11.8 Å². The van der Waals surface area contributed by atoms with Gasteiger partial charge in [0, 0.05) is 18.8 Å². The fourth-order valence-corrected chi connectivity index (χ4v) is 1.65. The van der Waals surface area contributed by atoms with Crippen LogP contribution in [0.15, 0.2) is 0 Å². The lowest BCUT2D eigenvalue weighted by Gasteiger charge is -2.06. The Morgan fingerprint density at radius 1 is 1.62 bits per heavy atom. The first-order valence-electron chi connectivity index (χ1n) is 5.37. The van der Waals surface area contributed by atoms with Crippen molar-refractivity contribution < 1.29 is 14.4 Å². The van der Waals surface area contributed by atoms with Crippen molar-refractivity contribution in [2.24, 2.45) is 11.8 Å². The molecule has 16 heavy (non-hydrogen) atoms. The molecule has 1 N–H and O–H groups in total. The summed E-state index contributed by atoms with van der Waals surface area (Å²) in [6.45, 7) is 1.91. The fraction of sp³-hybridized carbons (Fsp3) is 0.583. The highest BCUT2D eigenvalue weighted by atomic mass is 16.2. The van der Waals surface area contributed by atoms with Gasteiger partial charge in [-0.15, -0.1) is 12.3 Å². The molecule has 1 fully saturated rings. The molecule has 1 saturated heterocycles. The smallest absolute Gasteiger partial charge is 0.237 e. The molecule has 1 rings (SSSR count). The van der Waals surface area contributed by atoms with Gasteiger partial charge in [0.2, 0.25) is 11.8 Å². The van der Waals surface area contributed by atoms with Gasteiger partial charge in [0.15, 0.2) is 0 Å². The number of hydrogen-bond donors (Lipinski definition) is 1. The Morgan fingerprint density at radius 2 is 2.31 bits per heavy atom. The number of imide groups is 1. The van der Waals surface area contributed by atoms with E-state index in [1.165, 1.54) is 0 Å². The number of carbonyl (C=O) groups is 3. The van der Waals surface area contributed by atoms with Crippen LogP contribution in [0.1, 0.15) is 32.6 Å². The quantitative estimate of drug-likeness (QED) is 0.421. The summed E-state index contributed by atoms with van der Waals surface area (Å²) in [5.41, 5.74) is 0. The first kappa shape index (κ1) is 12.4. The van der Waals surface area contributed by atoms with Crippen molar-refractivity contribution in [1.82, 2.24) is 5.32 Å². The maximum absolute atomic E-state index is 11.6. The van der Waals surface area contributed by atoms with Crippen molar-refractivity contribution in [3.8, 4) is 12.3 Å². The molecule has 0 bridgehead atoms. The molecule has 4 nitrogen and oxygen atoms in total. The molecule has 1 heterocycles. The monoisotopic (exact) mass is 221 g/mol. The van der Waals surface area contributed by atoms with Gasteiger partial charge in [0.1, 0.15) is 11.7 Å². The molecule has 0 radical (unpaired) electrons. The van der Waals surface area contributed by atoms with Crippen molar-refractivity contribution in [2.75, 3.05) is 0 Å². The van der Waals surface area contributed by atoms with Gasteiger partial charge in [0.25, 0.3) is 0 Å². The first-order chi connectivity index (χ1) is 7.54. The molecule has 0 aromatic heterocycles. The van der Waals surface area contributed by atoms with Gasteiger partial charge < -0.3 is 0 Å². The first-order valence-corrected chi connectivity index (χ1v) is 5.37. The van der Waals surface area contributed by atoms with Crippen LogP contribution in [0.25, 0.3) is 0 Å². The number of amides is 2. The van der Waals surface area contributed by atoms with Crippen molar-refractivity contribution in [3.05, 3.63) is 0 Å². The van der Waals surface area contributed by atoms with Crippen LogP contribution in [0.2, 0.25) is 0 Å². The Morgan fingerprint density at radius 3 is 2.81 bits per heavy atom. The van der Waals surface area contributed by atoms with Gasteiger partial charge in [-0.3, -0.25) is 19.7 Å². The van der Waals surface area contributed by atoms with E-state index >= 15 is 0 Å². The van der Waals surface area contributed by atoms with Gasteiger partial charge in [-0.1, -0.05) is 6.92 Å². The van der Waals surface area contributed by atoms with Gasteiger partial charge in [-0.25, -0.2) is 0 Å². The maximum Gasteiger partial charge on any atom is 0.237 e. The minimum atomic E-state index is -0.770. The van der Waals surface area contributed by atoms with Crippen LogP contribution in [0.3, 0.4) is 0 Å². The zero-order valence-electron chi connectivity index (χ0n) is 9.29. The van der Waals surface area contributed by atoms with Gasteiger partial charge >= 0.3 is 0 Å². The van der Waals surface area contributed by atoms with E-state index in [0.29, 0.717) is 12.8 Å². The molecule has 86 valence electrons. The maximum atomic E-state index is 11.6. The molecule has 0 aromatic rings. The minimum absolute atomic E-state index is 0.00234. The van der Waals surface area contributed by atoms with Crippen LogP contribution in [0, 0.1) is 24.2 Å². The third-order valence-corrected chi connectivity index (χ3v) is 2.70. The second-order valence-corrected chi connectivity index (χ2v) is 4.10. The highest BCUT2D eigenvalue weighted by molar-refractivity contribution is 6.14. The van der Waals surface area contributed by atoms with Gasteiger partial charge in [0.05, 0.1) is 0 Å². The Bertz CT molecular complexity index is 354.